The number of benzene rings is 1. The summed E-state index contributed by atoms with van der Waals surface area (Å²) in [6.07, 6.45) is 1.14. The van der Waals surface area contributed by atoms with Crippen molar-refractivity contribution in [2.24, 2.45) is 0 Å². The fourth-order valence-corrected chi connectivity index (χ4v) is 1.23. The predicted molar refractivity (Wildman–Crippen MR) is 61.0 cm³/mol. The van der Waals surface area contributed by atoms with E-state index >= 15 is 0 Å². The standard InChI is InChI=1S/C12H19NO2/c1-2-7-13-8-9-15-12-5-3-11(10-14)4-6-12/h3-6,13-14H,2,7-10H2,1H3. The van der Waals surface area contributed by atoms with Gasteiger partial charge >= 0.3 is 0 Å². The Labute approximate surface area is 91.1 Å². The molecule has 0 amide bonds. The molecule has 0 saturated carbocycles. The fraction of sp³-hybridized carbons (Fsp3) is 0.500. The lowest BCUT2D eigenvalue weighted by molar-refractivity contribution is 0.281. The molecule has 84 valence electrons. The molecule has 0 atom stereocenters. The highest BCUT2D eigenvalue weighted by atomic mass is 16.5. The molecule has 3 heteroatoms. The second-order valence-corrected chi connectivity index (χ2v) is 3.40. The van der Waals surface area contributed by atoms with E-state index in [1.165, 1.54) is 0 Å². The zero-order valence-corrected chi connectivity index (χ0v) is 9.20. The molecule has 0 heterocycles. The molecule has 0 aromatic heterocycles. The highest BCUT2D eigenvalue weighted by Gasteiger charge is 1.94. The van der Waals surface area contributed by atoms with E-state index in [0.29, 0.717) is 6.61 Å². The highest BCUT2D eigenvalue weighted by Crippen LogP contribution is 2.11. The van der Waals surface area contributed by atoms with Gasteiger partial charge in [-0.3, -0.25) is 0 Å². The van der Waals surface area contributed by atoms with E-state index in [1.807, 2.05) is 24.3 Å². The van der Waals surface area contributed by atoms with Crippen LogP contribution in [0.5, 0.6) is 5.75 Å². The van der Waals surface area contributed by atoms with Gasteiger partial charge < -0.3 is 15.2 Å². The molecule has 2 N–H and O–H groups in total. The van der Waals surface area contributed by atoms with Gasteiger partial charge in [0.1, 0.15) is 12.4 Å². The van der Waals surface area contributed by atoms with E-state index < -0.39 is 0 Å². The van der Waals surface area contributed by atoms with Gasteiger partial charge in [-0.15, -0.1) is 0 Å². The van der Waals surface area contributed by atoms with Crippen LogP contribution in [-0.2, 0) is 6.61 Å². The molecule has 0 spiro atoms. The van der Waals surface area contributed by atoms with E-state index in [9.17, 15) is 0 Å². The first kappa shape index (κ1) is 12.0. The van der Waals surface area contributed by atoms with Crippen molar-refractivity contribution in [1.82, 2.24) is 5.32 Å². The van der Waals surface area contributed by atoms with Crippen molar-refractivity contribution in [1.29, 1.82) is 0 Å². The second kappa shape index (κ2) is 7.26. The third-order valence-corrected chi connectivity index (χ3v) is 2.08. The lowest BCUT2D eigenvalue weighted by atomic mass is 10.2. The number of hydrogen-bond donors (Lipinski definition) is 2. The summed E-state index contributed by atoms with van der Waals surface area (Å²) in [4.78, 5) is 0. The number of nitrogens with one attached hydrogen (secondary N) is 1. The Morgan fingerprint density at radius 3 is 2.53 bits per heavy atom. The first-order valence-electron chi connectivity index (χ1n) is 5.40. The Morgan fingerprint density at radius 2 is 1.93 bits per heavy atom. The largest absolute Gasteiger partial charge is 0.492 e. The summed E-state index contributed by atoms with van der Waals surface area (Å²) in [7, 11) is 0. The van der Waals surface area contributed by atoms with Crippen molar-refractivity contribution in [3.63, 3.8) is 0 Å². The van der Waals surface area contributed by atoms with Crippen LogP contribution in [0.1, 0.15) is 18.9 Å². The van der Waals surface area contributed by atoms with Crippen LogP contribution in [0.3, 0.4) is 0 Å². The molecule has 1 rings (SSSR count). The molecule has 1 aromatic carbocycles. The number of rotatable bonds is 7. The van der Waals surface area contributed by atoms with Gasteiger partial charge in [0.25, 0.3) is 0 Å². The van der Waals surface area contributed by atoms with E-state index in [4.69, 9.17) is 9.84 Å². The summed E-state index contributed by atoms with van der Waals surface area (Å²) in [5.41, 5.74) is 0.909. The fourth-order valence-electron chi connectivity index (χ4n) is 1.23. The first-order valence-corrected chi connectivity index (χ1v) is 5.40. The molecule has 1 aromatic rings. The lowest BCUT2D eigenvalue weighted by Crippen LogP contribution is -2.21. The maximum atomic E-state index is 8.85. The van der Waals surface area contributed by atoms with Crippen molar-refractivity contribution >= 4 is 0 Å². The second-order valence-electron chi connectivity index (χ2n) is 3.40. The van der Waals surface area contributed by atoms with Gasteiger partial charge in [0.15, 0.2) is 0 Å². The molecule has 15 heavy (non-hydrogen) atoms. The maximum absolute atomic E-state index is 8.85. The third kappa shape index (κ3) is 4.81. The molecule has 0 bridgehead atoms. The Hall–Kier alpha value is -1.06. The SMILES string of the molecule is CCCNCCOc1ccc(CO)cc1. The van der Waals surface area contributed by atoms with Gasteiger partial charge in [-0.25, -0.2) is 0 Å². The van der Waals surface area contributed by atoms with Crippen molar-refractivity contribution < 1.29 is 9.84 Å². The molecular formula is C12H19NO2. The summed E-state index contributed by atoms with van der Waals surface area (Å²) in [6.45, 7) is 4.81. The minimum Gasteiger partial charge on any atom is -0.492 e. The minimum absolute atomic E-state index is 0.0817. The Balaban J connectivity index is 2.20. The minimum atomic E-state index is 0.0817. The van der Waals surface area contributed by atoms with Crippen LogP contribution >= 0.6 is 0 Å². The quantitative estimate of drug-likeness (QED) is 0.670. The van der Waals surface area contributed by atoms with Crippen LogP contribution in [0.15, 0.2) is 24.3 Å². The van der Waals surface area contributed by atoms with Crippen LogP contribution in [0, 0.1) is 0 Å². The lowest BCUT2D eigenvalue weighted by Gasteiger charge is -2.07. The van der Waals surface area contributed by atoms with Crippen LogP contribution in [-0.4, -0.2) is 24.8 Å². The molecule has 0 aliphatic carbocycles. The zero-order valence-electron chi connectivity index (χ0n) is 9.20. The molecule has 0 saturated heterocycles. The molecule has 0 unspecified atom stereocenters. The van der Waals surface area contributed by atoms with Crippen LogP contribution in [0.25, 0.3) is 0 Å². The van der Waals surface area contributed by atoms with E-state index in [0.717, 1.165) is 30.8 Å². The predicted octanol–water partition coefficient (Wildman–Crippen LogP) is 1.56. The van der Waals surface area contributed by atoms with Crippen molar-refractivity contribution in [2.75, 3.05) is 19.7 Å². The van der Waals surface area contributed by atoms with Crippen molar-refractivity contribution in [2.45, 2.75) is 20.0 Å². The van der Waals surface area contributed by atoms with Gasteiger partial charge in [-0.05, 0) is 30.7 Å². The number of aliphatic hydroxyl groups excluding tert-OH is 1. The summed E-state index contributed by atoms with van der Waals surface area (Å²) < 4.78 is 5.51. The maximum Gasteiger partial charge on any atom is 0.119 e. The molecule has 3 nitrogen and oxygen atoms in total. The van der Waals surface area contributed by atoms with Gasteiger partial charge in [0, 0.05) is 6.54 Å². The van der Waals surface area contributed by atoms with Crippen molar-refractivity contribution in [3.05, 3.63) is 29.8 Å². The Morgan fingerprint density at radius 1 is 1.20 bits per heavy atom. The molecule has 0 aliphatic rings. The van der Waals surface area contributed by atoms with Crippen LogP contribution in [0.2, 0.25) is 0 Å². The smallest absolute Gasteiger partial charge is 0.119 e. The van der Waals surface area contributed by atoms with E-state index in [2.05, 4.69) is 12.2 Å². The monoisotopic (exact) mass is 209 g/mol. The average molecular weight is 209 g/mol. The average Bonchev–Trinajstić information content (AvgIpc) is 2.30. The first-order chi connectivity index (χ1) is 7.36. The molecule has 0 aliphatic heterocycles. The summed E-state index contributed by atoms with van der Waals surface area (Å²) in [6, 6.07) is 7.50. The topological polar surface area (TPSA) is 41.5 Å². The molecular weight excluding hydrogens is 190 g/mol. The highest BCUT2D eigenvalue weighted by molar-refractivity contribution is 5.26. The normalized spacial score (nSPS) is 10.3. The Kier molecular flexibility index (Phi) is 5.81. The van der Waals surface area contributed by atoms with Crippen molar-refractivity contribution in [3.8, 4) is 5.75 Å². The number of ether oxygens (including phenoxy) is 1. The van der Waals surface area contributed by atoms with Gasteiger partial charge in [0.2, 0.25) is 0 Å². The van der Waals surface area contributed by atoms with Crippen LogP contribution in [0.4, 0.5) is 0 Å². The molecule has 0 radical (unpaired) electrons. The zero-order chi connectivity index (χ0) is 10.9. The van der Waals surface area contributed by atoms with Crippen LogP contribution < -0.4 is 10.1 Å². The number of aliphatic hydroxyl groups is 1. The summed E-state index contributed by atoms with van der Waals surface area (Å²) >= 11 is 0. The molecule has 0 fully saturated rings. The summed E-state index contributed by atoms with van der Waals surface area (Å²) in [5.74, 6) is 0.852. The van der Waals surface area contributed by atoms with Gasteiger partial charge in [-0.1, -0.05) is 19.1 Å². The van der Waals surface area contributed by atoms with E-state index in [-0.39, 0.29) is 6.61 Å². The summed E-state index contributed by atoms with van der Waals surface area (Å²) in [5, 5.41) is 12.1. The van der Waals surface area contributed by atoms with Gasteiger partial charge in [0.05, 0.1) is 6.61 Å². The number of hydrogen-bond acceptors (Lipinski definition) is 3. The van der Waals surface area contributed by atoms with Gasteiger partial charge in [-0.2, -0.15) is 0 Å². The van der Waals surface area contributed by atoms with E-state index in [1.54, 1.807) is 0 Å². The third-order valence-electron chi connectivity index (χ3n) is 2.08. The Bertz CT molecular complexity index is 259.